The molecule has 0 aliphatic carbocycles. The molecule has 3 nitrogen and oxygen atoms in total. The van der Waals surface area contributed by atoms with E-state index in [9.17, 15) is 4.79 Å². The summed E-state index contributed by atoms with van der Waals surface area (Å²) in [6.07, 6.45) is 0. The van der Waals surface area contributed by atoms with Gasteiger partial charge in [0.05, 0.1) is 5.75 Å². The molecular weight excluding hydrogens is 272 g/mol. The van der Waals surface area contributed by atoms with Gasteiger partial charge in [-0.1, -0.05) is 30.0 Å². The summed E-state index contributed by atoms with van der Waals surface area (Å²) in [5.74, 6) is 6.35. The summed E-state index contributed by atoms with van der Waals surface area (Å²) in [6.45, 7) is 5.42. The number of rotatable bonds is 4. The predicted octanol–water partition coefficient (Wildman–Crippen LogP) is 2.61. The molecule has 0 unspecified atom stereocenters. The molecule has 1 aromatic carbocycles. The van der Waals surface area contributed by atoms with E-state index in [4.69, 9.17) is 9.84 Å². The molecule has 0 radical (unpaired) electrons. The smallest absolute Gasteiger partial charge is 0.316 e. The lowest BCUT2D eigenvalue weighted by molar-refractivity contribution is -0.151. The van der Waals surface area contributed by atoms with Crippen molar-refractivity contribution in [3.63, 3.8) is 0 Å². The van der Waals surface area contributed by atoms with Gasteiger partial charge in [0.1, 0.15) is 12.2 Å². The van der Waals surface area contributed by atoms with E-state index < -0.39 is 5.60 Å². The Morgan fingerprint density at radius 2 is 2.05 bits per heavy atom. The van der Waals surface area contributed by atoms with Crippen LogP contribution in [0.3, 0.4) is 0 Å². The van der Waals surface area contributed by atoms with Gasteiger partial charge in [-0.25, -0.2) is 0 Å². The van der Waals surface area contributed by atoms with Gasteiger partial charge in [0.25, 0.3) is 0 Å². The molecule has 4 heteroatoms. The van der Waals surface area contributed by atoms with Crippen LogP contribution in [-0.4, -0.2) is 29.0 Å². The molecule has 0 aliphatic rings. The van der Waals surface area contributed by atoms with Gasteiger partial charge < -0.3 is 9.84 Å². The molecule has 1 rings (SSSR count). The van der Waals surface area contributed by atoms with Crippen LogP contribution in [0.5, 0.6) is 0 Å². The number of carbonyl (C=O) groups excluding carboxylic acids is 1. The minimum Gasteiger partial charge on any atom is -0.459 e. The summed E-state index contributed by atoms with van der Waals surface area (Å²) < 4.78 is 5.25. The molecule has 108 valence electrons. The minimum absolute atomic E-state index is 0.153. The number of aliphatic hydroxyl groups is 1. The van der Waals surface area contributed by atoms with Crippen molar-refractivity contribution in [3.8, 4) is 11.8 Å². The van der Waals surface area contributed by atoms with Gasteiger partial charge in [-0.05, 0) is 32.4 Å². The van der Waals surface area contributed by atoms with Gasteiger partial charge in [0.2, 0.25) is 0 Å². The molecule has 0 amide bonds. The summed E-state index contributed by atoms with van der Waals surface area (Å²) >= 11 is 1.50. The third-order valence-corrected chi connectivity index (χ3v) is 3.17. The van der Waals surface area contributed by atoms with Crippen LogP contribution in [0.2, 0.25) is 0 Å². The Hall–Kier alpha value is -1.44. The maximum Gasteiger partial charge on any atom is 0.316 e. The summed E-state index contributed by atoms with van der Waals surface area (Å²) in [7, 11) is 0. The van der Waals surface area contributed by atoms with Gasteiger partial charge >= 0.3 is 5.97 Å². The van der Waals surface area contributed by atoms with Crippen LogP contribution in [0.4, 0.5) is 0 Å². The van der Waals surface area contributed by atoms with E-state index in [1.54, 1.807) is 0 Å². The van der Waals surface area contributed by atoms with Gasteiger partial charge in [0, 0.05) is 11.3 Å². The van der Waals surface area contributed by atoms with Crippen molar-refractivity contribution >= 4 is 17.7 Å². The molecule has 0 fully saturated rings. The first kappa shape index (κ1) is 16.6. The average molecular weight is 292 g/mol. The second-order valence-corrected chi connectivity index (χ2v) is 6.18. The Labute approximate surface area is 124 Å². The topological polar surface area (TPSA) is 46.5 Å². The molecule has 0 saturated carbocycles. The Bertz CT molecular complexity index is 506. The maximum absolute atomic E-state index is 11.6. The Morgan fingerprint density at radius 1 is 1.35 bits per heavy atom. The lowest BCUT2D eigenvalue weighted by atomic mass is 10.1. The number of esters is 1. The van der Waals surface area contributed by atoms with Crippen molar-refractivity contribution in [2.75, 3.05) is 12.4 Å². The second kappa shape index (κ2) is 7.98. The Balaban J connectivity index is 2.52. The SMILES string of the molecule is CC(C)(C)OC(=O)CSCc1ccccc1C#CCO. The highest BCUT2D eigenvalue weighted by Gasteiger charge is 2.16. The van der Waals surface area contributed by atoms with Crippen LogP contribution in [0, 0.1) is 11.8 Å². The molecule has 0 spiro atoms. The zero-order chi connectivity index (χ0) is 15.0. The highest BCUT2D eigenvalue weighted by atomic mass is 32.2. The van der Waals surface area contributed by atoms with Crippen LogP contribution >= 0.6 is 11.8 Å². The van der Waals surface area contributed by atoms with Gasteiger partial charge in [-0.15, -0.1) is 11.8 Å². The molecule has 0 heterocycles. The van der Waals surface area contributed by atoms with E-state index >= 15 is 0 Å². The fourth-order valence-electron chi connectivity index (χ4n) is 1.52. The maximum atomic E-state index is 11.6. The Morgan fingerprint density at radius 3 is 2.70 bits per heavy atom. The monoisotopic (exact) mass is 292 g/mol. The molecule has 0 bridgehead atoms. The van der Waals surface area contributed by atoms with E-state index in [2.05, 4.69) is 11.8 Å². The molecule has 1 aromatic rings. The van der Waals surface area contributed by atoms with E-state index in [1.165, 1.54) is 11.8 Å². The van der Waals surface area contributed by atoms with Crippen LogP contribution in [0.1, 0.15) is 31.9 Å². The van der Waals surface area contributed by atoms with Crippen molar-refractivity contribution < 1.29 is 14.6 Å². The van der Waals surface area contributed by atoms with Gasteiger partial charge in [-0.2, -0.15) is 0 Å². The third-order valence-electron chi connectivity index (χ3n) is 2.22. The molecule has 0 aromatic heterocycles. The van der Waals surface area contributed by atoms with Crippen molar-refractivity contribution in [2.45, 2.75) is 32.1 Å². The highest BCUT2D eigenvalue weighted by Crippen LogP contribution is 2.17. The lowest BCUT2D eigenvalue weighted by Gasteiger charge is -2.19. The fourth-order valence-corrected chi connectivity index (χ4v) is 2.32. The van der Waals surface area contributed by atoms with Crippen LogP contribution in [-0.2, 0) is 15.3 Å². The number of carbonyl (C=O) groups is 1. The van der Waals surface area contributed by atoms with Crippen LogP contribution < -0.4 is 0 Å². The fraction of sp³-hybridized carbons (Fsp3) is 0.438. The minimum atomic E-state index is -0.442. The summed E-state index contributed by atoms with van der Waals surface area (Å²) in [6, 6.07) is 7.73. The molecule has 0 saturated heterocycles. The summed E-state index contributed by atoms with van der Waals surface area (Å²) in [4.78, 5) is 11.6. The zero-order valence-corrected chi connectivity index (χ0v) is 12.9. The first-order valence-electron chi connectivity index (χ1n) is 6.39. The van der Waals surface area contributed by atoms with Crippen molar-refractivity contribution in [2.24, 2.45) is 0 Å². The third kappa shape index (κ3) is 6.65. The molecule has 0 aliphatic heterocycles. The Kier molecular flexibility index (Phi) is 6.63. The zero-order valence-electron chi connectivity index (χ0n) is 12.1. The number of hydrogen-bond donors (Lipinski definition) is 1. The molecular formula is C16H20O3S. The lowest BCUT2D eigenvalue weighted by Crippen LogP contribution is -2.24. The number of hydrogen-bond acceptors (Lipinski definition) is 4. The van der Waals surface area contributed by atoms with Crippen molar-refractivity contribution in [1.82, 2.24) is 0 Å². The number of ether oxygens (including phenoxy) is 1. The molecule has 20 heavy (non-hydrogen) atoms. The number of thioether (sulfide) groups is 1. The predicted molar refractivity (Wildman–Crippen MR) is 82.4 cm³/mol. The van der Waals surface area contributed by atoms with Gasteiger partial charge in [0.15, 0.2) is 0 Å². The van der Waals surface area contributed by atoms with Crippen LogP contribution in [0.25, 0.3) is 0 Å². The summed E-state index contributed by atoms with van der Waals surface area (Å²) in [5.41, 5.74) is 1.50. The quantitative estimate of drug-likeness (QED) is 0.684. The number of benzene rings is 1. The number of aliphatic hydroxyl groups excluding tert-OH is 1. The molecule has 1 N–H and O–H groups in total. The van der Waals surface area contributed by atoms with Crippen molar-refractivity contribution in [1.29, 1.82) is 0 Å². The highest BCUT2D eigenvalue weighted by molar-refractivity contribution is 7.99. The standard InChI is InChI=1S/C16H20O3S/c1-16(2,3)19-15(18)12-20-11-14-8-5-4-7-13(14)9-6-10-17/h4-5,7-8,17H,10-12H2,1-3H3. The van der Waals surface area contributed by atoms with E-state index in [0.29, 0.717) is 11.5 Å². The van der Waals surface area contributed by atoms with Crippen LogP contribution in [0.15, 0.2) is 24.3 Å². The van der Waals surface area contributed by atoms with Crippen molar-refractivity contribution in [3.05, 3.63) is 35.4 Å². The molecule has 0 atom stereocenters. The average Bonchev–Trinajstić information content (AvgIpc) is 2.35. The first-order valence-corrected chi connectivity index (χ1v) is 7.55. The summed E-state index contributed by atoms with van der Waals surface area (Å²) in [5, 5.41) is 8.74. The normalized spacial score (nSPS) is 10.6. The first-order chi connectivity index (χ1) is 9.42. The van der Waals surface area contributed by atoms with E-state index in [0.717, 1.165) is 11.1 Å². The van der Waals surface area contributed by atoms with Gasteiger partial charge in [-0.3, -0.25) is 4.79 Å². The second-order valence-electron chi connectivity index (χ2n) is 5.20. The van der Waals surface area contributed by atoms with E-state index in [-0.39, 0.29) is 12.6 Å². The largest absolute Gasteiger partial charge is 0.459 e. The van der Waals surface area contributed by atoms with E-state index in [1.807, 2.05) is 45.0 Å².